The predicted molar refractivity (Wildman–Crippen MR) is 117 cm³/mol. The maximum absolute atomic E-state index is 10.4. The molecule has 7 rings (SSSR count). The van der Waals surface area contributed by atoms with E-state index in [-0.39, 0.29) is 0 Å². The van der Waals surface area contributed by atoms with Gasteiger partial charge in [-0.05, 0) is 80.0 Å². The van der Waals surface area contributed by atoms with Crippen LogP contribution >= 0.6 is 0 Å². The van der Waals surface area contributed by atoms with E-state index in [0.717, 1.165) is 60.5 Å². The van der Waals surface area contributed by atoms with Crippen molar-refractivity contribution in [1.82, 2.24) is 19.8 Å². The van der Waals surface area contributed by atoms with Crippen LogP contribution in [0.25, 0.3) is 11.4 Å². The Kier molecular flexibility index (Phi) is 4.76. The molecule has 5 fully saturated rings. The Morgan fingerprint density at radius 3 is 2.20 bits per heavy atom. The fourth-order valence-corrected chi connectivity index (χ4v) is 7.25. The average Bonchev–Trinajstić information content (AvgIpc) is 2.76. The van der Waals surface area contributed by atoms with E-state index in [1.807, 2.05) is 12.1 Å². The van der Waals surface area contributed by atoms with Crippen LogP contribution < -0.4 is 0 Å². The van der Waals surface area contributed by atoms with Crippen molar-refractivity contribution in [2.45, 2.75) is 44.7 Å². The van der Waals surface area contributed by atoms with E-state index in [9.17, 15) is 5.11 Å². The van der Waals surface area contributed by atoms with Gasteiger partial charge in [0.2, 0.25) is 0 Å². The summed E-state index contributed by atoms with van der Waals surface area (Å²) in [5, 5.41) is 10.4. The van der Waals surface area contributed by atoms with Gasteiger partial charge in [-0.1, -0.05) is 0 Å². The molecule has 2 heterocycles. The molecule has 0 spiro atoms. The number of phenols is 1. The summed E-state index contributed by atoms with van der Waals surface area (Å²) >= 11 is 0. The molecule has 5 aliphatic rings. The Morgan fingerprint density at radius 2 is 1.53 bits per heavy atom. The topological polar surface area (TPSA) is 52.5 Å². The first-order valence-electron chi connectivity index (χ1n) is 11.8. The monoisotopic (exact) mass is 404 g/mol. The summed E-state index contributed by atoms with van der Waals surface area (Å²) in [6.07, 6.45) is 11.1. The lowest BCUT2D eigenvalue weighted by molar-refractivity contribution is -0.0769. The number of benzene rings is 1. The number of aromatic nitrogens is 2. The van der Waals surface area contributed by atoms with Crippen molar-refractivity contribution in [3.05, 3.63) is 42.2 Å². The van der Waals surface area contributed by atoms with Crippen molar-refractivity contribution in [3.63, 3.8) is 0 Å². The van der Waals surface area contributed by atoms with Crippen LogP contribution in [0.1, 0.15) is 37.7 Å². The van der Waals surface area contributed by atoms with Gasteiger partial charge in [0.15, 0.2) is 5.82 Å². The molecular formula is C25H32N4O. The fourth-order valence-electron chi connectivity index (χ4n) is 7.25. The van der Waals surface area contributed by atoms with E-state index in [1.165, 1.54) is 45.2 Å². The van der Waals surface area contributed by atoms with Crippen LogP contribution in [0.15, 0.2) is 36.7 Å². The summed E-state index contributed by atoms with van der Waals surface area (Å²) in [6, 6.07) is 8.42. The molecule has 4 aliphatic carbocycles. The Balaban J connectivity index is 1.11. The fraction of sp³-hybridized carbons (Fsp3) is 0.600. The summed E-state index contributed by atoms with van der Waals surface area (Å²) in [5.74, 6) is 5.13. The molecule has 1 aromatic carbocycles. The molecule has 4 bridgehead atoms. The zero-order valence-corrected chi connectivity index (χ0v) is 17.7. The molecule has 0 radical (unpaired) electrons. The van der Waals surface area contributed by atoms with Gasteiger partial charge in [-0.3, -0.25) is 9.80 Å². The van der Waals surface area contributed by atoms with Crippen molar-refractivity contribution < 1.29 is 5.11 Å². The third-order valence-electron chi connectivity index (χ3n) is 8.30. The maximum Gasteiger partial charge on any atom is 0.159 e. The van der Waals surface area contributed by atoms with Crippen LogP contribution in [-0.4, -0.2) is 57.1 Å². The molecule has 1 N–H and O–H groups in total. The minimum Gasteiger partial charge on any atom is -0.508 e. The van der Waals surface area contributed by atoms with Gasteiger partial charge in [0, 0.05) is 62.3 Å². The Bertz CT molecular complexity index is 865. The predicted octanol–water partition coefficient (Wildman–Crippen LogP) is 3.79. The SMILES string of the molecule is Oc1ccc(-c2ncccn2)cc1CN1CCN(C2C3CC4CC(C3)CC2C4)CC1. The minimum absolute atomic E-state index is 0.373. The molecule has 1 aromatic heterocycles. The number of nitrogens with zero attached hydrogens (tertiary/aromatic N) is 4. The zero-order chi connectivity index (χ0) is 20.1. The van der Waals surface area contributed by atoms with E-state index in [2.05, 4.69) is 25.8 Å². The van der Waals surface area contributed by atoms with Gasteiger partial charge < -0.3 is 5.11 Å². The Morgan fingerprint density at radius 1 is 0.867 bits per heavy atom. The van der Waals surface area contributed by atoms with E-state index in [0.29, 0.717) is 11.6 Å². The Labute approximate surface area is 179 Å². The van der Waals surface area contributed by atoms with Crippen LogP contribution in [0.2, 0.25) is 0 Å². The van der Waals surface area contributed by atoms with Crippen molar-refractivity contribution in [2.75, 3.05) is 26.2 Å². The second kappa shape index (κ2) is 7.61. The molecule has 0 amide bonds. The number of aromatic hydroxyl groups is 1. The van der Waals surface area contributed by atoms with Crippen LogP contribution in [-0.2, 0) is 6.54 Å². The van der Waals surface area contributed by atoms with E-state index in [4.69, 9.17) is 0 Å². The van der Waals surface area contributed by atoms with Gasteiger partial charge in [-0.2, -0.15) is 0 Å². The highest BCUT2D eigenvalue weighted by Crippen LogP contribution is 2.55. The van der Waals surface area contributed by atoms with Gasteiger partial charge in [0.1, 0.15) is 5.75 Å². The second-order valence-corrected chi connectivity index (χ2v) is 10.1. The molecular weight excluding hydrogens is 372 g/mol. The third kappa shape index (κ3) is 3.42. The average molecular weight is 405 g/mol. The molecule has 5 nitrogen and oxygen atoms in total. The quantitative estimate of drug-likeness (QED) is 0.840. The van der Waals surface area contributed by atoms with Crippen LogP contribution in [0.3, 0.4) is 0 Å². The largest absolute Gasteiger partial charge is 0.508 e. The lowest BCUT2D eigenvalue weighted by Gasteiger charge is -2.58. The molecule has 0 atom stereocenters. The molecule has 1 aliphatic heterocycles. The highest BCUT2D eigenvalue weighted by molar-refractivity contribution is 5.58. The number of hydrogen-bond donors (Lipinski definition) is 1. The molecule has 4 saturated carbocycles. The number of piperazine rings is 1. The van der Waals surface area contributed by atoms with Crippen molar-refractivity contribution in [1.29, 1.82) is 0 Å². The zero-order valence-electron chi connectivity index (χ0n) is 17.7. The lowest BCUT2D eigenvalue weighted by Crippen LogP contribution is -2.60. The first-order valence-corrected chi connectivity index (χ1v) is 11.8. The van der Waals surface area contributed by atoms with Gasteiger partial charge in [0.25, 0.3) is 0 Å². The first kappa shape index (κ1) is 18.8. The van der Waals surface area contributed by atoms with Gasteiger partial charge in [0.05, 0.1) is 0 Å². The summed E-state index contributed by atoms with van der Waals surface area (Å²) in [5.41, 5.74) is 1.94. The van der Waals surface area contributed by atoms with Crippen LogP contribution in [0, 0.1) is 23.7 Å². The van der Waals surface area contributed by atoms with Crippen molar-refractivity contribution in [2.24, 2.45) is 23.7 Å². The molecule has 158 valence electrons. The molecule has 0 unspecified atom stereocenters. The smallest absolute Gasteiger partial charge is 0.159 e. The van der Waals surface area contributed by atoms with Crippen molar-refractivity contribution >= 4 is 0 Å². The van der Waals surface area contributed by atoms with Crippen LogP contribution in [0.4, 0.5) is 0 Å². The van der Waals surface area contributed by atoms with Crippen molar-refractivity contribution in [3.8, 4) is 17.1 Å². The number of hydrogen-bond acceptors (Lipinski definition) is 5. The summed E-state index contributed by atoms with van der Waals surface area (Å²) in [4.78, 5) is 14.0. The van der Waals surface area contributed by atoms with Gasteiger partial charge in [-0.25, -0.2) is 9.97 Å². The van der Waals surface area contributed by atoms with E-state index in [1.54, 1.807) is 18.5 Å². The summed E-state index contributed by atoms with van der Waals surface area (Å²) in [7, 11) is 0. The second-order valence-electron chi connectivity index (χ2n) is 10.1. The van der Waals surface area contributed by atoms with Gasteiger partial charge in [-0.15, -0.1) is 0 Å². The lowest BCUT2D eigenvalue weighted by atomic mass is 9.54. The minimum atomic E-state index is 0.373. The van der Waals surface area contributed by atoms with E-state index < -0.39 is 0 Å². The third-order valence-corrected chi connectivity index (χ3v) is 8.30. The first-order chi connectivity index (χ1) is 14.7. The number of rotatable bonds is 4. The normalized spacial score (nSPS) is 33.8. The molecule has 30 heavy (non-hydrogen) atoms. The highest BCUT2D eigenvalue weighted by Gasteiger charge is 2.50. The van der Waals surface area contributed by atoms with E-state index >= 15 is 0 Å². The Hall–Kier alpha value is -1.98. The summed E-state index contributed by atoms with van der Waals surface area (Å²) in [6.45, 7) is 5.33. The van der Waals surface area contributed by atoms with Crippen LogP contribution in [0.5, 0.6) is 5.75 Å². The standard InChI is InChI=1S/C25H32N4O/c30-23-3-2-19(25-26-4-1-5-27-25)15-22(23)16-28-6-8-29(9-7-28)24-20-11-17-10-18(13-20)14-21(24)12-17/h1-5,15,17-18,20-21,24,30H,6-14,16H2. The van der Waals surface area contributed by atoms with Gasteiger partial charge >= 0.3 is 0 Å². The summed E-state index contributed by atoms with van der Waals surface area (Å²) < 4.78 is 0. The number of phenolic OH excluding ortho intramolecular Hbond substituents is 1. The molecule has 5 heteroatoms. The molecule has 1 saturated heterocycles. The highest BCUT2D eigenvalue weighted by atomic mass is 16.3. The maximum atomic E-state index is 10.4. The molecule has 2 aromatic rings.